The molecule has 60 heavy (non-hydrogen) atoms. The van der Waals surface area contributed by atoms with Gasteiger partial charge >= 0.3 is 7.82 Å². The molecule has 0 saturated carbocycles. The molecule has 0 aromatic rings. The summed E-state index contributed by atoms with van der Waals surface area (Å²) in [5.41, 5.74) is 0. The molecule has 0 aliphatic rings. The van der Waals surface area contributed by atoms with Gasteiger partial charge in [-0.25, -0.2) is 4.57 Å². The third kappa shape index (κ3) is 44.0. The van der Waals surface area contributed by atoms with E-state index >= 15 is 0 Å². The van der Waals surface area contributed by atoms with E-state index in [0.717, 1.165) is 44.9 Å². The number of carbonyl (C=O) groups is 1. The molecule has 0 bridgehead atoms. The van der Waals surface area contributed by atoms with Crippen LogP contribution in [0.4, 0.5) is 0 Å². The van der Waals surface area contributed by atoms with Crippen LogP contribution in [0.15, 0.2) is 72.9 Å². The fraction of sp³-hybridized carbons (Fsp3) is 0.745. The Kier molecular flexibility index (Phi) is 40.8. The van der Waals surface area contributed by atoms with Crippen LogP contribution in [-0.4, -0.2) is 73.4 Å². The maximum absolute atomic E-state index is 12.8. The van der Waals surface area contributed by atoms with Gasteiger partial charge in [-0.2, -0.15) is 0 Å². The van der Waals surface area contributed by atoms with Gasteiger partial charge in [-0.1, -0.05) is 202 Å². The van der Waals surface area contributed by atoms with Gasteiger partial charge in [0.1, 0.15) is 13.2 Å². The molecule has 0 heterocycles. The van der Waals surface area contributed by atoms with Crippen LogP contribution in [0.25, 0.3) is 0 Å². The molecule has 0 aromatic heterocycles. The first-order valence-corrected chi connectivity index (χ1v) is 25.8. The predicted molar refractivity (Wildman–Crippen MR) is 258 cm³/mol. The molecule has 8 nitrogen and oxygen atoms in total. The van der Waals surface area contributed by atoms with Crippen molar-refractivity contribution in [1.29, 1.82) is 0 Å². The summed E-state index contributed by atoms with van der Waals surface area (Å²) < 4.78 is 23.5. The Bertz CT molecular complexity index is 1200. The van der Waals surface area contributed by atoms with Crippen molar-refractivity contribution >= 4 is 13.7 Å². The Labute approximate surface area is 370 Å². The highest BCUT2D eigenvalue weighted by atomic mass is 31.2. The zero-order chi connectivity index (χ0) is 44.3. The second kappa shape index (κ2) is 42.3. The number of rotatable bonds is 43. The van der Waals surface area contributed by atoms with E-state index in [1.807, 2.05) is 39.4 Å². The molecule has 348 valence electrons. The normalized spacial score (nSPS) is 14.8. The van der Waals surface area contributed by atoms with Crippen molar-refractivity contribution in [3.05, 3.63) is 72.9 Å². The van der Waals surface area contributed by atoms with Gasteiger partial charge < -0.3 is 19.8 Å². The number of unbranched alkanes of at least 4 members (excludes halogenated alkanes) is 20. The second-order valence-electron chi connectivity index (χ2n) is 17.4. The zero-order valence-electron chi connectivity index (χ0n) is 39.4. The van der Waals surface area contributed by atoms with Gasteiger partial charge in [0.15, 0.2) is 0 Å². The third-order valence-electron chi connectivity index (χ3n) is 10.4. The molecule has 3 N–H and O–H groups in total. The average Bonchev–Trinajstić information content (AvgIpc) is 3.20. The van der Waals surface area contributed by atoms with E-state index in [1.54, 1.807) is 6.08 Å². The summed E-state index contributed by atoms with van der Waals surface area (Å²) in [6.07, 6.45) is 57.4. The first-order valence-electron chi connectivity index (χ1n) is 24.3. The van der Waals surface area contributed by atoms with Gasteiger partial charge in [0, 0.05) is 6.42 Å². The summed E-state index contributed by atoms with van der Waals surface area (Å²) in [5, 5.41) is 13.8. The SMILES string of the molecule is CC/C=C\C/C=C\C/C=C\C/C=C\CCC(=O)NC(COP(=O)(O)OCC[N+](C)(C)C)C(O)/C=C/CC/C=C/CCCCCCCCCCCCCCCCCCCCC. The highest BCUT2D eigenvalue weighted by Gasteiger charge is 2.27. The summed E-state index contributed by atoms with van der Waals surface area (Å²) >= 11 is 0. The fourth-order valence-electron chi connectivity index (χ4n) is 6.60. The van der Waals surface area contributed by atoms with Gasteiger partial charge in [0.2, 0.25) is 5.91 Å². The van der Waals surface area contributed by atoms with E-state index in [-0.39, 0.29) is 25.5 Å². The molecule has 9 heteroatoms. The quantitative estimate of drug-likeness (QED) is 0.0244. The molecule has 0 fully saturated rings. The van der Waals surface area contributed by atoms with Crippen LogP contribution in [-0.2, 0) is 18.4 Å². The van der Waals surface area contributed by atoms with Gasteiger partial charge in [-0.3, -0.25) is 13.8 Å². The highest BCUT2D eigenvalue weighted by molar-refractivity contribution is 7.47. The first kappa shape index (κ1) is 57.9. The minimum Gasteiger partial charge on any atom is -0.387 e. The minimum absolute atomic E-state index is 0.0404. The molecular weight excluding hydrogens is 768 g/mol. The van der Waals surface area contributed by atoms with Crippen LogP contribution < -0.4 is 5.32 Å². The fourth-order valence-corrected chi connectivity index (χ4v) is 7.33. The van der Waals surface area contributed by atoms with Crippen LogP contribution in [0.1, 0.15) is 194 Å². The minimum atomic E-state index is -4.37. The second-order valence-corrected chi connectivity index (χ2v) is 18.9. The third-order valence-corrected chi connectivity index (χ3v) is 11.4. The van der Waals surface area contributed by atoms with Crippen molar-refractivity contribution in [3.63, 3.8) is 0 Å². The van der Waals surface area contributed by atoms with Gasteiger partial charge in [-0.15, -0.1) is 0 Å². The first-order chi connectivity index (χ1) is 29.0. The summed E-state index contributed by atoms with van der Waals surface area (Å²) in [6.45, 7) is 4.61. The molecule has 1 amide bonds. The van der Waals surface area contributed by atoms with E-state index in [0.29, 0.717) is 17.4 Å². The number of carbonyl (C=O) groups excluding carboxylic acids is 1. The Morgan fingerprint density at radius 1 is 0.583 bits per heavy atom. The van der Waals surface area contributed by atoms with Crippen molar-refractivity contribution < 1.29 is 32.9 Å². The van der Waals surface area contributed by atoms with Crippen molar-refractivity contribution in [3.8, 4) is 0 Å². The summed E-state index contributed by atoms with van der Waals surface area (Å²) in [7, 11) is 1.50. The zero-order valence-corrected chi connectivity index (χ0v) is 40.3. The molecule has 0 aliphatic heterocycles. The average molecular weight is 862 g/mol. The summed E-state index contributed by atoms with van der Waals surface area (Å²) in [5.74, 6) is -0.269. The topological polar surface area (TPSA) is 105 Å². The highest BCUT2D eigenvalue weighted by Crippen LogP contribution is 2.43. The molecule has 0 radical (unpaired) electrons. The number of hydrogen-bond acceptors (Lipinski definition) is 5. The number of amides is 1. The van der Waals surface area contributed by atoms with Gasteiger partial charge in [-0.05, 0) is 57.8 Å². The lowest BCUT2D eigenvalue weighted by Gasteiger charge is -2.25. The molecule has 3 atom stereocenters. The molecule has 3 unspecified atom stereocenters. The monoisotopic (exact) mass is 862 g/mol. The summed E-state index contributed by atoms with van der Waals surface area (Å²) in [6, 6.07) is -0.904. The van der Waals surface area contributed by atoms with Crippen LogP contribution in [0.5, 0.6) is 0 Å². The van der Waals surface area contributed by atoms with Gasteiger partial charge in [0.25, 0.3) is 0 Å². The number of aliphatic hydroxyl groups excluding tert-OH is 1. The number of phosphoric ester groups is 1. The van der Waals surface area contributed by atoms with Crippen molar-refractivity contribution in [1.82, 2.24) is 5.32 Å². The number of nitrogens with one attached hydrogen (secondary N) is 1. The van der Waals surface area contributed by atoms with Gasteiger partial charge in [0.05, 0.1) is 39.9 Å². The van der Waals surface area contributed by atoms with Crippen LogP contribution in [0.2, 0.25) is 0 Å². The number of phosphoric acid groups is 1. The molecule has 0 spiro atoms. The standard InChI is InChI=1S/C51H93N2O6P/c1-6-8-10-12-14-16-18-20-21-22-23-24-25-26-27-28-29-30-31-33-34-36-38-40-42-44-50(54)49(48-59-60(56,57)58-47-46-53(3,4)5)52-51(55)45-43-41-39-37-35-32-19-17-15-13-11-9-7-2/h9,11,15,17,32,34-36,39,41-42,44,49-50,54H,6-8,10,12-14,16,18-31,33,37-38,40,43,45-48H2,1-5H3,(H-,52,55,56,57)/p+1/b11-9-,17-15-,35-32-,36-34+,41-39-,44-42+. The Morgan fingerprint density at radius 2 is 1.02 bits per heavy atom. The largest absolute Gasteiger partial charge is 0.472 e. The predicted octanol–water partition coefficient (Wildman–Crippen LogP) is 14.0. The van der Waals surface area contributed by atoms with Crippen molar-refractivity contribution in [2.75, 3.05) is 40.9 Å². The van der Waals surface area contributed by atoms with Crippen LogP contribution in [0, 0.1) is 0 Å². The number of aliphatic hydroxyl groups is 1. The Hall–Kier alpha value is -2.06. The van der Waals surface area contributed by atoms with E-state index < -0.39 is 20.0 Å². The molecule has 0 rings (SSSR count). The van der Waals surface area contributed by atoms with E-state index in [1.165, 1.54) is 122 Å². The maximum atomic E-state index is 12.8. The van der Waals surface area contributed by atoms with Crippen molar-refractivity contribution in [2.24, 2.45) is 0 Å². The number of hydrogen-bond donors (Lipinski definition) is 3. The Morgan fingerprint density at radius 3 is 1.52 bits per heavy atom. The van der Waals surface area contributed by atoms with Crippen LogP contribution in [0.3, 0.4) is 0 Å². The van der Waals surface area contributed by atoms with Crippen molar-refractivity contribution in [2.45, 2.75) is 206 Å². The molecule has 0 aromatic carbocycles. The smallest absolute Gasteiger partial charge is 0.387 e. The number of quaternary nitrogens is 1. The Balaban J connectivity index is 4.38. The van der Waals surface area contributed by atoms with E-state index in [2.05, 4.69) is 67.8 Å². The number of nitrogens with zero attached hydrogens (tertiary/aromatic N) is 1. The van der Waals surface area contributed by atoms with E-state index in [9.17, 15) is 19.4 Å². The summed E-state index contributed by atoms with van der Waals surface area (Å²) in [4.78, 5) is 23.1. The maximum Gasteiger partial charge on any atom is 0.472 e. The lowest BCUT2D eigenvalue weighted by atomic mass is 10.0. The van der Waals surface area contributed by atoms with E-state index in [4.69, 9.17) is 9.05 Å². The lowest BCUT2D eigenvalue weighted by Crippen LogP contribution is -2.45. The molecule has 0 saturated heterocycles. The number of likely N-dealkylation sites (N-methyl/N-ethyl adjacent to an activating group) is 1. The molecular formula is C51H94N2O6P+. The van der Waals surface area contributed by atoms with Crippen LogP contribution >= 0.6 is 7.82 Å². The lowest BCUT2D eigenvalue weighted by molar-refractivity contribution is -0.870. The molecule has 0 aliphatic carbocycles. The number of allylic oxidation sites excluding steroid dienone is 11.